The molecule has 3 heteroatoms. The lowest BCUT2D eigenvalue weighted by molar-refractivity contribution is 0.641. The summed E-state index contributed by atoms with van der Waals surface area (Å²) in [5.74, 6) is 1.75. The number of rotatable bonds is 6. The van der Waals surface area contributed by atoms with Crippen molar-refractivity contribution in [3.63, 3.8) is 0 Å². The zero-order valence-corrected chi connectivity index (χ0v) is 10.5. The van der Waals surface area contributed by atoms with Crippen LogP contribution in [-0.2, 0) is 0 Å². The van der Waals surface area contributed by atoms with Crippen LogP contribution in [0.2, 0.25) is 0 Å². The van der Waals surface area contributed by atoms with E-state index in [0.29, 0.717) is 0 Å². The maximum Gasteiger partial charge on any atom is 0.00766 e. The standard InChI is InChI=1S/C6H16N2.C4H10S/c1-3-7-5-6-8-4-2;1-4(2)3-5/h7-8H,3-6H2,1-2H3;4-5H,3H2,1-2H3. The van der Waals surface area contributed by atoms with Crippen LogP contribution in [0.5, 0.6) is 0 Å². The fraction of sp³-hybridized carbons (Fsp3) is 1.00. The Kier molecular flexibility index (Phi) is 17.9. The molecule has 0 radical (unpaired) electrons. The molecule has 0 atom stereocenters. The Balaban J connectivity index is 0. The zero-order valence-electron chi connectivity index (χ0n) is 9.56. The predicted octanol–water partition coefficient (Wildman–Crippen LogP) is 1.78. The van der Waals surface area contributed by atoms with Crippen LogP contribution in [0.25, 0.3) is 0 Å². The molecule has 0 unspecified atom stereocenters. The average molecular weight is 206 g/mol. The molecule has 0 aromatic rings. The third-order valence-corrected chi connectivity index (χ3v) is 2.07. The summed E-state index contributed by atoms with van der Waals surface area (Å²) in [5, 5.41) is 6.44. The van der Waals surface area contributed by atoms with Gasteiger partial charge in [0.05, 0.1) is 0 Å². The molecule has 82 valence electrons. The minimum atomic E-state index is 0.748. The lowest BCUT2D eigenvalue weighted by Crippen LogP contribution is -2.26. The summed E-state index contributed by atoms with van der Waals surface area (Å²) >= 11 is 4.02. The van der Waals surface area contributed by atoms with Crippen LogP contribution in [0, 0.1) is 5.92 Å². The van der Waals surface area contributed by atoms with Gasteiger partial charge in [0, 0.05) is 13.1 Å². The molecular formula is C10H26N2S. The van der Waals surface area contributed by atoms with Crippen LogP contribution in [-0.4, -0.2) is 31.9 Å². The molecule has 2 nitrogen and oxygen atoms in total. The van der Waals surface area contributed by atoms with Gasteiger partial charge in [-0.05, 0) is 24.8 Å². The van der Waals surface area contributed by atoms with Crippen molar-refractivity contribution in [2.75, 3.05) is 31.9 Å². The van der Waals surface area contributed by atoms with Gasteiger partial charge in [-0.3, -0.25) is 0 Å². The van der Waals surface area contributed by atoms with Gasteiger partial charge in [0.1, 0.15) is 0 Å². The molecule has 0 rings (SSSR count). The summed E-state index contributed by atoms with van der Waals surface area (Å²) in [6.45, 7) is 12.9. The van der Waals surface area contributed by atoms with Crippen LogP contribution in [0.3, 0.4) is 0 Å². The predicted molar refractivity (Wildman–Crippen MR) is 65.8 cm³/mol. The van der Waals surface area contributed by atoms with Gasteiger partial charge >= 0.3 is 0 Å². The molecule has 0 spiro atoms. The van der Waals surface area contributed by atoms with Crippen molar-refractivity contribution in [1.82, 2.24) is 10.6 Å². The van der Waals surface area contributed by atoms with Crippen LogP contribution >= 0.6 is 12.6 Å². The molecule has 0 heterocycles. The number of nitrogens with one attached hydrogen (secondary N) is 2. The first kappa shape index (κ1) is 15.7. The Hall–Kier alpha value is 0.270. The number of thiol groups is 1. The first-order chi connectivity index (χ1) is 6.18. The van der Waals surface area contributed by atoms with Crippen molar-refractivity contribution in [2.24, 2.45) is 5.92 Å². The lowest BCUT2D eigenvalue weighted by atomic mass is 10.3. The Morgan fingerprint density at radius 3 is 1.46 bits per heavy atom. The molecule has 0 saturated heterocycles. The van der Waals surface area contributed by atoms with Crippen LogP contribution in [0.4, 0.5) is 0 Å². The van der Waals surface area contributed by atoms with E-state index in [4.69, 9.17) is 0 Å². The second kappa shape index (κ2) is 14.8. The molecule has 13 heavy (non-hydrogen) atoms. The van der Waals surface area contributed by atoms with Crippen molar-refractivity contribution in [3.05, 3.63) is 0 Å². The van der Waals surface area contributed by atoms with E-state index in [9.17, 15) is 0 Å². The van der Waals surface area contributed by atoms with E-state index in [-0.39, 0.29) is 0 Å². The summed E-state index contributed by atoms with van der Waals surface area (Å²) in [6.07, 6.45) is 0. The lowest BCUT2D eigenvalue weighted by Gasteiger charge is -1.99. The topological polar surface area (TPSA) is 24.1 Å². The SMILES string of the molecule is CC(C)CS.CCNCCNCC. The van der Waals surface area contributed by atoms with Gasteiger partial charge in [-0.1, -0.05) is 27.7 Å². The van der Waals surface area contributed by atoms with E-state index >= 15 is 0 Å². The van der Waals surface area contributed by atoms with Gasteiger partial charge in [-0.15, -0.1) is 0 Å². The largest absolute Gasteiger partial charge is 0.316 e. The summed E-state index contributed by atoms with van der Waals surface area (Å²) < 4.78 is 0. The molecule has 0 aliphatic heterocycles. The van der Waals surface area contributed by atoms with Crippen molar-refractivity contribution < 1.29 is 0 Å². The molecule has 0 aliphatic carbocycles. The molecular weight excluding hydrogens is 180 g/mol. The van der Waals surface area contributed by atoms with Gasteiger partial charge in [0.25, 0.3) is 0 Å². The average Bonchev–Trinajstić information content (AvgIpc) is 2.14. The Morgan fingerprint density at radius 2 is 1.31 bits per heavy atom. The highest BCUT2D eigenvalue weighted by Crippen LogP contribution is 1.90. The highest BCUT2D eigenvalue weighted by atomic mass is 32.1. The van der Waals surface area contributed by atoms with Gasteiger partial charge in [-0.2, -0.15) is 12.6 Å². The fourth-order valence-corrected chi connectivity index (χ4v) is 0.530. The minimum Gasteiger partial charge on any atom is -0.316 e. The third-order valence-electron chi connectivity index (χ3n) is 1.34. The van der Waals surface area contributed by atoms with Gasteiger partial charge in [-0.25, -0.2) is 0 Å². The van der Waals surface area contributed by atoms with Crippen molar-refractivity contribution >= 4 is 12.6 Å². The highest BCUT2D eigenvalue weighted by Gasteiger charge is 1.80. The van der Waals surface area contributed by atoms with Crippen molar-refractivity contribution in [3.8, 4) is 0 Å². The second-order valence-corrected chi connectivity index (χ2v) is 3.65. The first-order valence-electron chi connectivity index (χ1n) is 5.21. The Morgan fingerprint density at radius 1 is 1.00 bits per heavy atom. The summed E-state index contributed by atoms with van der Waals surface area (Å²) in [5.41, 5.74) is 0. The smallest absolute Gasteiger partial charge is 0.00766 e. The highest BCUT2D eigenvalue weighted by molar-refractivity contribution is 7.80. The maximum absolute atomic E-state index is 4.02. The van der Waals surface area contributed by atoms with E-state index in [1.165, 1.54) is 0 Å². The van der Waals surface area contributed by atoms with Crippen molar-refractivity contribution in [2.45, 2.75) is 27.7 Å². The summed E-state index contributed by atoms with van der Waals surface area (Å²) in [4.78, 5) is 0. The maximum atomic E-state index is 4.02. The van der Waals surface area contributed by atoms with Gasteiger partial charge in [0.15, 0.2) is 0 Å². The molecule has 0 aromatic heterocycles. The van der Waals surface area contributed by atoms with Crippen molar-refractivity contribution in [1.29, 1.82) is 0 Å². The quantitative estimate of drug-likeness (QED) is 0.456. The normalized spacial score (nSPS) is 9.69. The molecule has 0 saturated carbocycles. The van der Waals surface area contributed by atoms with E-state index in [1.807, 2.05) is 0 Å². The summed E-state index contributed by atoms with van der Waals surface area (Å²) in [6, 6.07) is 0. The number of hydrogen-bond donors (Lipinski definition) is 3. The fourth-order valence-electron chi connectivity index (χ4n) is 0.530. The molecule has 0 aliphatic rings. The zero-order chi connectivity index (χ0) is 10.5. The Labute approximate surface area is 89.3 Å². The Bertz CT molecular complexity index is 71.3. The molecule has 0 fully saturated rings. The third kappa shape index (κ3) is 24.5. The van der Waals surface area contributed by atoms with E-state index in [0.717, 1.165) is 37.8 Å². The van der Waals surface area contributed by atoms with Crippen LogP contribution in [0.1, 0.15) is 27.7 Å². The van der Waals surface area contributed by atoms with E-state index in [2.05, 4.69) is 51.0 Å². The minimum absolute atomic E-state index is 0.748. The summed E-state index contributed by atoms with van der Waals surface area (Å²) in [7, 11) is 0. The number of hydrogen-bond acceptors (Lipinski definition) is 3. The van der Waals surface area contributed by atoms with E-state index in [1.54, 1.807) is 0 Å². The van der Waals surface area contributed by atoms with E-state index < -0.39 is 0 Å². The first-order valence-corrected chi connectivity index (χ1v) is 5.84. The van der Waals surface area contributed by atoms with Gasteiger partial charge < -0.3 is 10.6 Å². The molecule has 0 amide bonds. The van der Waals surface area contributed by atoms with Gasteiger partial charge in [0.2, 0.25) is 0 Å². The molecule has 0 bridgehead atoms. The van der Waals surface area contributed by atoms with Crippen LogP contribution < -0.4 is 10.6 Å². The van der Waals surface area contributed by atoms with Crippen LogP contribution in [0.15, 0.2) is 0 Å². The monoisotopic (exact) mass is 206 g/mol. The molecule has 0 aromatic carbocycles. The number of likely N-dealkylation sites (N-methyl/N-ethyl adjacent to an activating group) is 2. The second-order valence-electron chi connectivity index (χ2n) is 3.28. The molecule has 2 N–H and O–H groups in total.